The summed E-state index contributed by atoms with van der Waals surface area (Å²) in [5.74, 6) is -0.350. The first-order chi connectivity index (χ1) is 24.7. The molecule has 0 saturated carbocycles. The summed E-state index contributed by atoms with van der Waals surface area (Å²) in [5.41, 5.74) is 0.481. The summed E-state index contributed by atoms with van der Waals surface area (Å²) in [4.78, 5) is 49.8. The summed E-state index contributed by atoms with van der Waals surface area (Å²) in [5, 5.41) is 0.792. The molecule has 4 heterocycles. The van der Waals surface area contributed by atoms with Gasteiger partial charge in [0.05, 0.1) is 29.0 Å². The molecule has 2 unspecified atom stereocenters. The highest BCUT2D eigenvalue weighted by Gasteiger charge is 2.49. The Morgan fingerprint density at radius 3 is 2.02 bits per heavy atom. The van der Waals surface area contributed by atoms with Crippen LogP contribution < -0.4 is 0 Å². The van der Waals surface area contributed by atoms with Gasteiger partial charge in [0.1, 0.15) is 28.4 Å². The predicted molar refractivity (Wildman–Crippen MR) is 201 cm³/mol. The summed E-state index contributed by atoms with van der Waals surface area (Å²) in [6.07, 6.45) is 1.02. The van der Waals surface area contributed by atoms with Gasteiger partial charge in [-0.15, -0.1) is 0 Å². The van der Waals surface area contributed by atoms with Crippen molar-refractivity contribution in [3.8, 4) is 11.3 Å². The minimum atomic E-state index is -0.884. The standard InChI is InChI=1S/C40H48BrFN4O7/c1-38(2,3)51-35(47)44-22-29(23-10-13-26(42)14-11-23)43-34(44)31-21-28-27-20-25(41)12-15-30(27)45(36(48)52-39(4,5)6)33(28)32(24-16-18-50-19-17-24)46(31)37(49)53-40(7,8)9/h10-15,20,22,24,31-32H,16-19,21H2,1-9H3. The molecule has 284 valence electrons. The molecule has 53 heavy (non-hydrogen) atoms. The molecule has 2 atom stereocenters. The van der Waals surface area contributed by atoms with Crippen LogP contribution >= 0.6 is 15.9 Å². The van der Waals surface area contributed by atoms with Crippen LogP contribution in [0.15, 0.2) is 53.1 Å². The highest BCUT2D eigenvalue weighted by atomic mass is 79.9. The first kappa shape index (κ1) is 38.5. The summed E-state index contributed by atoms with van der Waals surface area (Å²) in [6, 6.07) is 9.92. The molecule has 1 amide bonds. The van der Waals surface area contributed by atoms with Gasteiger partial charge in [-0.1, -0.05) is 15.9 Å². The average molecular weight is 796 g/mol. The molecule has 2 aliphatic rings. The molecule has 2 aliphatic heterocycles. The number of aromatic nitrogens is 3. The van der Waals surface area contributed by atoms with Gasteiger partial charge in [0, 0.05) is 41.3 Å². The Morgan fingerprint density at radius 1 is 0.830 bits per heavy atom. The number of carbonyl (C=O) groups is 3. The van der Waals surface area contributed by atoms with Crippen molar-refractivity contribution in [1.29, 1.82) is 0 Å². The zero-order chi connectivity index (χ0) is 38.6. The first-order valence-corrected chi connectivity index (χ1v) is 18.7. The van der Waals surface area contributed by atoms with Crippen molar-refractivity contribution in [3.63, 3.8) is 0 Å². The molecule has 11 nitrogen and oxygen atoms in total. The van der Waals surface area contributed by atoms with Crippen molar-refractivity contribution in [2.24, 2.45) is 5.92 Å². The number of halogens is 2. The van der Waals surface area contributed by atoms with Crippen LogP contribution in [-0.4, -0.2) is 67.3 Å². The molecule has 0 spiro atoms. The van der Waals surface area contributed by atoms with Gasteiger partial charge in [0.15, 0.2) is 0 Å². The molecule has 13 heteroatoms. The third-order valence-electron chi connectivity index (χ3n) is 9.04. The maximum absolute atomic E-state index is 14.8. The molecule has 6 rings (SSSR count). The third kappa shape index (κ3) is 8.31. The number of carbonyl (C=O) groups excluding carboxylic acids is 3. The number of ether oxygens (including phenoxy) is 4. The van der Waals surface area contributed by atoms with Crippen LogP contribution in [-0.2, 0) is 25.4 Å². The zero-order valence-electron chi connectivity index (χ0n) is 31.8. The minimum absolute atomic E-state index is 0.166. The molecule has 0 radical (unpaired) electrons. The van der Waals surface area contributed by atoms with E-state index in [2.05, 4.69) is 15.9 Å². The van der Waals surface area contributed by atoms with Crippen molar-refractivity contribution >= 4 is 45.1 Å². The van der Waals surface area contributed by atoms with E-state index >= 15 is 0 Å². The Labute approximate surface area is 317 Å². The second kappa shape index (κ2) is 14.2. The molecule has 0 aliphatic carbocycles. The number of rotatable bonds is 3. The summed E-state index contributed by atoms with van der Waals surface area (Å²) in [6.45, 7) is 17.1. The number of fused-ring (bicyclic) bond motifs is 3. The number of benzene rings is 2. The van der Waals surface area contributed by atoms with Crippen molar-refractivity contribution < 1.29 is 37.7 Å². The summed E-state index contributed by atoms with van der Waals surface area (Å²) in [7, 11) is 0. The van der Waals surface area contributed by atoms with Gasteiger partial charge >= 0.3 is 18.3 Å². The average Bonchev–Trinajstić information content (AvgIpc) is 3.62. The summed E-state index contributed by atoms with van der Waals surface area (Å²) < 4.78 is 41.6. The van der Waals surface area contributed by atoms with Crippen molar-refractivity contribution in [3.05, 3.63) is 76.0 Å². The van der Waals surface area contributed by atoms with Crippen LogP contribution in [0.1, 0.15) is 104 Å². The Bertz CT molecular complexity index is 2030. The first-order valence-electron chi connectivity index (χ1n) is 17.9. The van der Waals surface area contributed by atoms with E-state index in [1.54, 1.807) is 69.3 Å². The van der Waals surface area contributed by atoms with Crippen LogP contribution in [0.25, 0.3) is 22.2 Å². The fourth-order valence-corrected chi connectivity index (χ4v) is 7.46. The van der Waals surface area contributed by atoms with E-state index < -0.39 is 53.0 Å². The SMILES string of the molecule is CC(C)(C)OC(=O)N1C(c2nc(-c3ccc(F)cc3)cn2C(=O)OC(C)(C)C)Cc2c(n(C(=O)OC(C)(C)C)c3ccc(Br)cc23)C1C1CCOCC1. The Kier molecular flexibility index (Phi) is 10.3. The fourth-order valence-electron chi connectivity index (χ4n) is 7.09. The van der Waals surface area contributed by atoms with E-state index in [-0.39, 0.29) is 18.2 Å². The van der Waals surface area contributed by atoms with E-state index in [0.717, 1.165) is 15.4 Å². The maximum atomic E-state index is 14.8. The Hall–Kier alpha value is -4.23. The van der Waals surface area contributed by atoms with Gasteiger partial charge in [-0.3, -0.25) is 4.90 Å². The molecule has 2 aromatic heterocycles. The third-order valence-corrected chi connectivity index (χ3v) is 9.54. The monoisotopic (exact) mass is 794 g/mol. The lowest BCUT2D eigenvalue weighted by Crippen LogP contribution is -2.50. The van der Waals surface area contributed by atoms with E-state index in [0.29, 0.717) is 48.5 Å². The quantitative estimate of drug-likeness (QED) is 0.188. The molecule has 1 saturated heterocycles. The highest BCUT2D eigenvalue weighted by molar-refractivity contribution is 9.10. The number of amides is 1. The van der Waals surface area contributed by atoms with Gasteiger partial charge in [-0.05, 0) is 129 Å². The van der Waals surface area contributed by atoms with Crippen LogP contribution in [0.4, 0.5) is 18.8 Å². The maximum Gasteiger partial charge on any atom is 0.420 e. The molecule has 1 fully saturated rings. The molecule has 2 aromatic carbocycles. The van der Waals surface area contributed by atoms with Crippen LogP contribution in [0, 0.1) is 11.7 Å². The van der Waals surface area contributed by atoms with Gasteiger partial charge in [-0.25, -0.2) is 32.9 Å². The van der Waals surface area contributed by atoms with E-state index in [9.17, 15) is 18.8 Å². The van der Waals surface area contributed by atoms with Crippen LogP contribution in [0.2, 0.25) is 0 Å². The fraction of sp³-hybridized carbons (Fsp3) is 0.500. The number of hydrogen-bond acceptors (Lipinski definition) is 8. The second-order valence-corrected chi connectivity index (χ2v) is 17.6. The van der Waals surface area contributed by atoms with E-state index in [4.69, 9.17) is 23.9 Å². The number of hydrogen-bond donors (Lipinski definition) is 0. The lowest BCUT2D eigenvalue weighted by Gasteiger charge is -2.46. The van der Waals surface area contributed by atoms with Crippen molar-refractivity contribution in [2.75, 3.05) is 13.2 Å². The lowest BCUT2D eigenvalue weighted by molar-refractivity contribution is -0.0290. The predicted octanol–water partition coefficient (Wildman–Crippen LogP) is 9.97. The molecule has 0 bridgehead atoms. The van der Waals surface area contributed by atoms with Gasteiger partial charge in [0.25, 0.3) is 0 Å². The topological polar surface area (TPSA) is 114 Å². The van der Waals surface area contributed by atoms with E-state index in [1.165, 1.54) is 16.7 Å². The molecular weight excluding hydrogens is 747 g/mol. The van der Waals surface area contributed by atoms with Crippen LogP contribution in [0.5, 0.6) is 0 Å². The molecular formula is C40H48BrFN4O7. The lowest BCUT2D eigenvalue weighted by atomic mass is 9.81. The number of imidazole rings is 1. The normalized spacial score (nSPS) is 18.5. The van der Waals surface area contributed by atoms with Gasteiger partial charge < -0.3 is 18.9 Å². The second-order valence-electron chi connectivity index (χ2n) is 16.7. The molecule has 4 aromatic rings. The largest absolute Gasteiger partial charge is 0.444 e. The Morgan fingerprint density at radius 2 is 1.42 bits per heavy atom. The van der Waals surface area contributed by atoms with Crippen LogP contribution in [0.3, 0.4) is 0 Å². The summed E-state index contributed by atoms with van der Waals surface area (Å²) >= 11 is 3.64. The highest BCUT2D eigenvalue weighted by Crippen LogP contribution is 2.50. The Balaban J connectivity index is 1.67. The minimum Gasteiger partial charge on any atom is -0.444 e. The smallest absolute Gasteiger partial charge is 0.420 e. The number of nitrogens with zero attached hydrogens (tertiary/aromatic N) is 4. The van der Waals surface area contributed by atoms with Gasteiger partial charge in [-0.2, -0.15) is 0 Å². The van der Waals surface area contributed by atoms with Crippen molar-refractivity contribution in [2.45, 2.75) is 110 Å². The van der Waals surface area contributed by atoms with E-state index in [1.807, 2.05) is 39.0 Å². The van der Waals surface area contributed by atoms with Gasteiger partial charge in [0.2, 0.25) is 0 Å². The van der Waals surface area contributed by atoms with Crippen molar-refractivity contribution in [1.82, 2.24) is 19.0 Å². The molecule has 0 N–H and O–H groups in total. The zero-order valence-corrected chi connectivity index (χ0v) is 33.4.